The molecule has 0 unspecified atom stereocenters. The van der Waals surface area contributed by atoms with Crippen LogP contribution < -0.4 is 19.5 Å². The molecule has 0 aliphatic carbocycles. The van der Waals surface area contributed by atoms with Gasteiger partial charge in [0.05, 0.1) is 36.6 Å². The monoisotopic (exact) mass is 485 g/mol. The molecule has 0 aliphatic heterocycles. The molecule has 34 heavy (non-hydrogen) atoms. The first kappa shape index (κ1) is 26.8. The van der Waals surface area contributed by atoms with Gasteiger partial charge in [-0.15, -0.1) is 0 Å². The third kappa shape index (κ3) is 7.84. The minimum atomic E-state index is -4.62. The first-order chi connectivity index (χ1) is 16.2. The zero-order chi connectivity index (χ0) is 25.1. The second-order valence-electron chi connectivity index (χ2n) is 6.70. The van der Waals surface area contributed by atoms with E-state index in [4.69, 9.17) is 23.7 Å². The molecule has 186 valence electrons. The average molecular weight is 485 g/mol. The van der Waals surface area contributed by atoms with Gasteiger partial charge in [0.1, 0.15) is 12.4 Å². The molecule has 0 saturated heterocycles. The first-order valence-corrected chi connectivity index (χ1v) is 10.4. The van der Waals surface area contributed by atoms with Gasteiger partial charge in [-0.1, -0.05) is 0 Å². The molecule has 0 radical (unpaired) electrons. The summed E-state index contributed by atoms with van der Waals surface area (Å²) in [5.41, 5.74) is -1.08. The minimum Gasteiger partial charge on any atom is -0.490 e. The van der Waals surface area contributed by atoms with Crippen molar-refractivity contribution < 1.29 is 46.4 Å². The Morgan fingerprint density at radius 2 is 1.56 bits per heavy atom. The highest BCUT2D eigenvalue weighted by Gasteiger charge is 2.31. The Morgan fingerprint density at radius 3 is 2.21 bits per heavy atom. The maximum atomic E-state index is 13.1. The average Bonchev–Trinajstić information content (AvgIpc) is 2.79. The topological polar surface area (TPSA) is 92.3 Å². The smallest absolute Gasteiger partial charge is 0.416 e. The first-order valence-electron chi connectivity index (χ1n) is 10.4. The molecule has 0 heterocycles. The lowest BCUT2D eigenvalue weighted by atomic mass is 10.1. The van der Waals surface area contributed by atoms with Crippen LogP contribution in [-0.4, -0.2) is 52.0 Å². The van der Waals surface area contributed by atoms with E-state index < -0.39 is 30.2 Å². The Hall–Kier alpha value is -3.47. The van der Waals surface area contributed by atoms with Gasteiger partial charge in [-0.3, -0.25) is 4.79 Å². The van der Waals surface area contributed by atoms with E-state index >= 15 is 0 Å². The fraction of sp³-hybridized carbons (Fsp3) is 0.391. The second kappa shape index (κ2) is 12.7. The van der Waals surface area contributed by atoms with E-state index in [0.29, 0.717) is 24.7 Å². The van der Waals surface area contributed by atoms with Crippen LogP contribution in [0.2, 0.25) is 0 Å². The molecular weight excluding hydrogens is 459 g/mol. The normalized spacial score (nSPS) is 11.0. The van der Waals surface area contributed by atoms with Crippen molar-refractivity contribution in [1.82, 2.24) is 0 Å². The van der Waals surface area contributed by atoms with Crippen molar-refractivity contribution in [2.24, 2.45) is 0 Å². The number of hydrogen-bond donors (Lipinski definition) is 1. The lowest BCUT2D eigenvalue weighted by Crippen LogP contribution is -2.22. The van der Waals surface area contributed by atoms with Crippen LogP contribution in [0.1, 0.15) is 29.8 Å². The molecule has 0 atom stereocenters. The van der Waals surface area contributed by atoms with Gasteiger partial charge in [-0.05, 0) is 50.2 Å². The molecule has 0 saturated carbocycles. The Bertz CT molecular complexity index is 980. The van der Waals surface area contributed by atoms with E-state index in [1.165, 1.54) is 25.3 Å². The van der Waals surface area contributed by atoms with Gasteiger partial charge in [-0.2, -0.15) is 13.2 Å². The molecule has 0 bridgehead atoms. The van der Waals surface area contributed by atoms with Gasteiger partial charge in [0.15, 0.2) is 18.1 Å². The summed E-state index contributed by atoms with van der Waals surface area (Å²) in [6.45, 7) is 3.83. The minimum absolute atomic E-state index is 0.0117. The molecule has 2 aromatic carbocycles. The summed E-state index contributed by atoms with van der Waals surface area (Å²) in [5, 5.41) is 2.29. The van der Waals surface area contributed by atoms with Crippen molar-refractivity contribution in [3.63, 3.8) is 0 Å². The maximum Gasteiger partial charge on any atom is 0.416 e. The van der Waals surface area contributed by atoms with Gasteiger partial charge < -0.3 is 29.0 Å². The SMILES string of the molecule is CCOc1ccc(C(=O)OCC(=O)Nc2cc(C(F)(F)F)ccc2OCCOC)cc1OCC. The number of hydrogen-bond acceptors (Lipinski definition) is 7. The molecule has 2 aromatic rings. The van der Waals surface area contributed by atoms with Crippen molar-refractivity contribution in [1.29, 1.82) is 0 Å². The third-order valence-electron chi connectivity index (χ3n) is 4.24. The summed E-state index contributed by atoms with van der Waals surface area (Å²) in [6.07, 6.45) is -4.62. The van der Waals surface area contributed by atoms with E-state index in [1.807, 2.05) is 0 Å². The van der Waals surface area contributed by atoms with Gasteiger partial charge in [0.25, 0.3) is 5.91 Å². The molecule has 8 nitrogen and oxygen atoms in total. The van der Waals surface area contributed by atoms with Crippen molar-refractivity contribution in [3.8, 4) is 17.2 Å². The van der Waals surface area contributed by atoms with E-state index in [-0.39, 0.29) is 30.2 Å². The van der Waals surface area contributed by atoms with Crippen molar-refractivity contribution in [2.45, 2.75) is 20.0 Å². The van der Waals surface area contributed by atoms with Crippen LogP contribution in [0, 0.1) is 0 Å². The summed E-state index contributed by atoms with van der Waals surface area (Å²) in [7, 11) is 1.44. The van der Waals surface area contributed by atoms with Crippen LogP contribution in [0.25, 0.3) is 0 Å². The lowest BCUT2D eigenvalue weighted by molar-refractivity contribution is -0.137. The number of alkyl halides is 3. The number of carbonyl (C=O) groups is 2. The van der Waals surface area contributed by atoms with Gasteiger partial charge >= 0.3 is 12.1 Å². The number of nitrogens with one attached hydrogen (secondary N) is 1. The zero-order valence-electron chi connectivity index (χ0n) is 19.0. The Labute approximate surface area is 194 Å². The Morgan fingerprint density at radius 1 is 0.882 bits per heavy atom. The van der Waals surface area contributed by atoms with Gasteiger partial charge in [0, 0.05) is 7.11 Å². The molecule has 11 heteroatoms. The standard InChI is InChI=1S/C23H26F3NO7/c1-4-31-19-8-6-15(12-20(19)32-5-2)22(29)34-14-21(28)27-17-13-16(23(24,25)26)7-9-18(17)33-11-10-30-3/h6-9,12-13H,4-5,10-11,14H2,1-3H3,(H,27,28). The molecule has 1 N–H and O–H groups in total. The molecule has 0 aromatic heterocycles. The van der Waals surface area contributed by atoms with Gasteiger partial charge in [-0.25, -0.2) is 4.79 Å². The molecule has 2 rings (SSSR count). The van der Waals surface area contributed by atoms with Crippen molar-refractivity contribution >= 4 is 17.6 Å². The Kier molecular flexibility index (Phi) is 9.99. The number of anilines is 1. The molecule has 0 aliphatic rings. The highest BCUT2D eigenvalue weighted by Crippen LogP contribution is 2.35. The van der Waals surface area contributed by atoms with Crippen LogP contribution in [0.3, 0.4) is 0 Å². The number of halogens is 3. The zero-order valence-corrected chi connectivity index (χ0v) is 19.0. The predicted octanol–water partition coefficient (Wildman–Crippen LogP) is 4.32. The van der Waals surface area contributed by atoms with E-state index in [2.05, 4.69) is 5.32 Å². The molecule has 0 spiro atoms. The third-order valence-corrected chi connectivity index (χ3v) is 4.24. The van der Waals surface area contributed by atoms with E-state index in [1.54, 1.807) is 13.8 Å². The number of amides is 1. The van der Waals surface area contributed by atoms with Crippen LogP contribution >= 0.6 is 0 Å². The number of ether oxygens (including phenoxy) is 5. The highest BCUT2D eigenvalue weighted by molar-refractivity contribution is 5.96. The van der Waals surface area contributed by atoms with Crippen LogP contribution in [0.15, 0.2) is 36.4 Å². The molecular formula is C23H26F3NO7. The summed E-state index contributed by atoms with van der Waals surface area (Å²) in [5.74, 6) is -0.869. The van der Waals surface area contributed by atoms with Gasteiger partial charge in [0.2, 0.25) is 0 Å². The fourth-order valence-corrected chi connectivity index (χ4v) is 2.74. The summed E-state index contributed by atoms with van der Waals surface area (Å²) in [4.78, 5) is 24.7. The fourth-order valence-electron chi connectivity index (χ4n) is 2.74. The summed E-state index contributed by atoms with van der Waals surface area (Å²) in [6, 6.07) is 7.07. The van der Waals surface area contributed by atoms with Crippen LogP contribution in [-0.2, 0) is 20.4 Å². The quantitative estimate of drug-likeness (QED) is 0.354. The summed E-state index contributed by atoms with van der Waals surface area (Å²) >= 11 is 0. The Balaban J connectivity index is 2.08. The lowest BCUT2D eigenvalue weighted by Gasteiger charge is -2.15. The summed E-state index contributed by atoms with van der Waals surface area (Å²) < 4.78 is 65.4. The molecule has 0 fully saturated rings. The number of esters is 1. The number of carbonyl (C=O) groups excluding carboxylic acids is 2. The highest BCUT2D eigenvalue weighted by atomic mass is 19.4. The number of methoxy groups -OCH3 is 1. The maximum absolute atomic E-state index is 13.1. The number of benzene rings is 2. The van der Waals surface area contributed by atoms with Crippen LogP contribution in [0.4, 0.5) is 18.9 Å². The van der Waals surface area contributed by atoms with Crippen LogP contribution in [0.5, 0.6) is 17.2 Å². The van der Waals surface area contributed by atoms with Crippen molar-refractivity contribution in [2.75, 3.05) is 45.5 Å². The second-order valence-corrected chi connectivity index (χ2v) is 6.70. The largest absolute Gasteiger partial charge is 0.490 e. The van der Waals surface area contributed by atoms with Crippen molar-refractivity contribution in [3.05, 3.63) is 47.5 Å². The molecule has 1 amide bonds. The van der Waals surface area contributed by atoms with E-state index in [0.717, 1.165) is 18.2 Å². The number of rotatable bonds is 12. The predicted molar refractivity (Wildman–Crippen MR) is 117 cm³/mol. The van der Waals surface area contributed by atoms with E-state index in [9.17, 15) is 22.8 Å².